The van der Waals surface area contributed by atoms with E-state index in [1.807, 2.05) is 59.5 Å². The van der Waals surface area contributed by atoms with Crippen LogP contribution in [-0.2, 0) is 0 Å². The molecule has 1 amide bonds. The largest absolute Gasteiger partial charge is 0.497 e. The van der Waals surface area contributed by atoms with Gasteiger partial charge in [-0.3, -0.25) is 4.79 Å². The van der Waals surface area contributed by atoms with Crippen molar-refractivity contribution < 1.29 is 19.0 Å². The number of nitrogens with zero attached hydrogens (tertiary/aromatic N) is 3. The molecule has 2 heterocycles. The van der Waals surface area contributed by atoms with E-state index in [2.05, 4.69) is 9.88 Å². The van der Waals surface area contributed by atoms with Crippen molar-refractivity contribution in [3.63, 3.8) is 0 Å². The maximum absolute atomic E-state index is 13.2. The topological polar surface area (TPSA) is 64.1 Å². The predicted molar refractivity (Wildman–Crippen MR) is 124 cm³/mol. The smallest absolute Gasteiger partial charge is 0.259 e. The lowest BCUT2D eigenvalue weighted by Gasteiger charge is -2.36. The minimum atomic E-state index is -0.0738. The van der Waals surface area contributed by atoms with Gasteiger partial charge in [0.05, 0.1) is 32.7 Å². The molecule has 32 heavy (non-hydrogen) atoms. The molecule has 0 N–H and O–H groups in total. The summed E-state index contributed by atoms with van der Waals surface area (Å²) in [6.07, 6.45) is 0. The summed E-state index contributed by atoms with van der Waals surface area (Å²) in [4.78, 5) is 21.9. The normalized spacial score (nSPS) is 13.6. The van der Waals surface area contributed by atoms with Gasteiger partial charge in [-0.05, 0) is 48.5 Å². The van der Waals surface area contributed by atoms with Crippen molar-refractivity contribution in [1.82, 2.24) is 9.88 Å². The molecule has 1 aliphatic heterocycles. The van der Waals surface area contributed by atoms with Crippen LogP contribution in [0.4, 0.5) is 5.69 Å². The lowest BCUT2D eigenvalue weighted by molar-refractivity contribution is 0.0742. The number of aromatic nitrogens is 1. The number of methoxy groups -OCH3 is 3. The Morgan fingerprint density at radius 1 is 0.812 bits per heavy atom. The SMILES string of the molecule is COc1ccc(-c2ccc(C(=O)N3CCN(c4ccccc4OC)CC3)c(OC)n2)cc1. The third-order valence-corrected chi connectivity index (χ3v) is 5.66. The van der Waals surface area contributed by atoms with Gasteiger partial charge in [0, 0.05) is 31.7 Å². The van der Waals surface area contributed by atoms with Gasteiger partial charge in [0.25, 0.3) is 5.91 Å². The van der Waals surface area contributed by atoms with Gasteiger partial charge in [-0.25, -0.2) is 4.98 Å². The maximum atomic E-state index is 13.2. The minimum Gasteiger partial charge on any atom is -0.497 e. The molecular formula is C25H27N3O4. The van der Waals surface area contributed by atoms with Crippen molar-refractivity contribution >= 4 is 11.6 Å². The quantitative estimate of drug-likeness (QED) is 0.590. The first kappa shape index (κ1) is 21.5. The molecule has 166 valence electrons. The van der Waals surface area contributed by atoms with E-state index in [4.69, 9.17) is 14.2 Å². The number of carbonyl (C=O) groups excluding carboxylic acids is 1. The van der Waals surface area contributed by atoms with E-state index < -0.39 is 0 Å². The van der Waals surface area contributed by atoms with Crippen LogP contribution in [0.3, 0.4) is 0 Å². The summed E-state index contributed by atoms with van der Waals surface area (Å²) in [5, 5.41) is 0. The summed E-state index contributed by atoms with van der Waals surface area (Å²) < 4.78 is 16.2. The molecule has 0 spiro atoms. The zero-order chi connectivity index (χ0) is 22.5. The van der Waals surface area contributed by atoms with E-state index in [-0.39, 0.29) is 5.91 Å². The zero-order valence-corrected chi connectivity index (χ0v) is 18.6. The molecule has 1 saturated heterocycles. The second-order valence-electron chi connectivity index (χ2n) is 7.43. The standard InChI is InChI=1S/C25H27N3O4/c1-30-19-10-8-18(9-11-19)21-13-12-20(24(26-21)32-3)25(29)28-16-14-27(15-17-28)22-6-4-5-7-23(22)31-2/h4-13H,14-17H2,1-3H3. The van der Waals surface area contributed by atoms with Crippen LogP contribution in [0.2, 0.25) is 0 Å². The molecule has 7 nitrogen and oxygen atoms in total. The average Bonchev–Trinajstić information content (AvgIpc) is 2.88. The van der Waals surface area contributed by atoms with Gasteiger partial charge in [0.1, 0.15) is 17.1 Å². The lowest BCUT2D eigenvalue weighted by Crippen LogP contribution is -2.49. The highest BCUT2D eigenvalue weighted by atomic mass is 16.5. The third kappa shape index (κ3) is 4.32. The number of para-hydroxylation sites is 2. The first-order chi connectivity index (χ1) is 15.6. The molecule has 3 aromatic rings. The van der Waals surface area contributed by atoms with Crippen LogP contribution < -0.4 is 19.1 Å². The molecule has 1 fully saturated rings. The molecule has 7 heteroatoms. The van der Waals surface area contributed by atoms with Gasteiger partial charge in [0.15, 0.2) is 0 Å². The fourth-order valence-electron chi connectivity index (χ4n) is 3.89. The molecule has 2 aromatic carbocycles. The van der Waals surface area contributed by atoms with Crippen LogP contribution in [0, 0.1) is 0 Å². The lowest BCUT2D eigenvalue weighted by atomic mass is 10.1. The van der Waals surface area contributed by atoms with Gasteiger partial charge >= 0.3 is 0 Å². The van der Waals surface area contributed by atoms with E-state index in [1.165, 1.54) is 7.11 Å². The molecule has 0 radical (unpaired) electrons. The number of hydrogen-bond donors (Lipinski definition) is 0. The summed E-state index contributed by atoms with van der Waals surface area (Å²) >= 11 is 0. The summed E-state index contributed by atoms with van der Waals surface area (Å²) in [7, 11) is 4.84. The highest BCUT2D eigenvalue weighted by molar-refractivity contribution is 5.97. The van der Waals surface area contributed by atoms with Crippen LogP contribution in [0.1, 0.15) is 10.4 Å². The van der Waals surface area contributed by atoms with Crippen molar-refractivity contribution in [2.45, 2.75) is 0 Å². The second-order valence-corrected chi connectivity index (χ2v) is 7.43. The van der Waals surface area contributed by atoms with Crippen molar-refractivity contribution in [2.24, 2.45) is 0 Å². The van der Waals surface area contributed by atoms with Gasteiger partial charge in [-0.2, -0.15) is 0 Å². The molecule has 0 atom stereocenters. The summed E-state index contributed by atoms with van der Waals surface area (Å²) in [6, 6.07) is 19.2. The van der Waals surface area contributed by atoms with Gasteiger partial charge < -0.3 is 24.0 Å². The van der Waals surface area contributed by atoms with Crippen molar-refractivity contribution in [3.8, 4) is 28.6 Å². The summed E-state index contributed by atoms with van der Waals surface area (Å²) in [5.41, 5.74) is 3.18. The maximum Gasteiger partial charge on any atom is 0.259 e. The average molecular weight is 434 g/mol. The van der Waals surface area contributed by atoms with Crippen molar-refractivity contribution in [2.75, 3.05) is 52.4 Å². The molecule has 4 rings (SSSR count). The molecule has 0 aliphatic carbocycles. The molecular weight excluding hydrogens is 406 g/mol. The van der Waals surface area contributed by atoms with E-state index in [9.17, 15) is 4.79 Å². The summed E-state index contributed by atoms with van der Waals surface area (Å²) in [6.45, 7) is 2.68. The van der Waals surface area contributed by atoms with Crippen LogP contribution in [0.25, 0.3) is 11.3 Å². The Bertz CT molecular complexity index is 1080. The van der Waals surface area contributed by atoms with Crippen LogP contribution in [0.5, 0.6) is 17.4 Å². The Morgan fingerprint density at radius 3 is 2.19 bits per heavy atom. The van der Waals surface area contributed by atoms with Gasteiger partial charge in [-0.1, -0.05) is 12.1 Å². The molecule has 1 aliphatic rings. The Kier molecular flexibility index (Phi) is 6.44. The van der Waals surface area contributed by atoms with E-state index in [0.717, 1.165) is 41.5 Å². The fourth-order valence-corrected chi connectivity index (χ4v) is 3.89. The minimum absolute atomic E-state index is 0.0738. The zero-order valence-electron chi connectivity index (χ0n) is 18.6. The number of rotatable bonds is 6. The molecule has 0 saturated carbocycles. The van der Waals surface area contributed by atoms with Crippen LogP contribution in [-0.4, -0.2) is 63.3 Å². The number of amides is 1. The number of hydrogen-bond acceptors (Lipinski definition) is 6. The monoisotopic (exact) mass is 433 g/mol. The Balaban J connectivity index is 1.48. The first-order valence-electron chi connectivity index (χ1n) is 10.5. The summed E-state index contributed by atoms with van der Waals surface area (Å²) in [5.74, 6) is 1.87. The number of benzene rings is 2. The number of anilines is 1. The van der Waals surface area contributed by atoms with Crippen LogP contribution in [0.15, 0.2) is 60.7 Å². The molecule has 0 unspecified atom stereocenters. The Hall–Kier alpha value is -3.74. The number of pyridine rings is 1. The predicted octanol–water partition coefficient (Wildman–Crippen LogP) is 3.74. The number of carbonyl (C=O) groups is 1. The number of piperazine rings is 1. The Labute approximate surface area is 188 Å². The van der Waals surface area contributed by atoms with Crippen LogP contribution >= 0.6 is 0 Å². The van der Waals surface area contributed by atoms with E-state index in [1.54, 1.807) is 20.3 Å². The highest BCUT2D eigenvalue weighted by Gasteiger charge is 2.26. The number of ether oxygens (including phenoxy) is 3. The first-order valence-corrected chi connectivity index (χ1v) is 10.5. The molecule has 1 aromatic heterocycles. The second kappa shape index (κ2) is 9.60. The van der Waals surface area contributed by atoms with Gasteiger partial charge in [0.2, 0.25) is 5.88 Å². The molecule has 0 bridgehead atoms. The van der Waals surface area contributed by atoms with Gasteiger partial charge in [-0.15, -0.1) is 0 Å². The third-order valence-electron chi connectivity index (χ3n) is 5.66. The van der Waals surface area contributed by atoms with Crippen molar-refractivity contribution in [1.29, 1.82) is 0 Å². The highest BCUT2D eigenvalue weighted by Crippen LogP contribution is 2.29. The van der Waals surface area contributed by atoms with E-state index >= 15 is 0 Å². The van der Waals surface area contributed by atoms with E-state index in [0.29, 0.717) is 24.5 Å². The van der Waals surface area contributed by atoms with Crippen molar-refractivity contribution in [3.05, 3.63) is 66.2 Å². The fraction of sp³-hybridized carbons (Fsp3) is 0.280. The Morgan fingerprint density at radius 2 is 1.53 bits per heavy atom.